The predicted octanol–water partition coefficient (Wildman–Crippen LogP) is 2.84. The van der Waals surface area contributed by atoms with Gasteiger partial charge in [0.2, 0.25) is 5.91 Å². The molecule has 3 aromatic rings. The molecule has 0 saturated heterocycles. The van der Waals surface area contributed by atoms with Gasteiger partial charge in [-0.1, -0.05) is 12.1 Å². The summed E-state index contributed by atoms with van der Waals surface area (Å²) in [6.07, 6.45) is 3.25. The van der Waals surface area contributed by atoms with Crippen molar-refractivity contribution in [3.63, 3.8) is 0 Å². The molecule has 152 valence electrons. The molecule has 0 aliphatic carbocycles. The first-order valence-corrected chi connectivity index (χ1v) is 9.45. The third kappa shape index (κ3) is 3.83. The van der Waals surface area contributed by atoms with Crippen molar-refractivity contribution in [3.05, 3.63) is 65.6 Å². The van der Waals surface area contributed by atoms with Crippen LogP contribution in [0.4, 0.5) is 11.6 Å². The van der Waals surface area contributed by atoms with Gasteiger partial charge in [0, 0.05) is 13.2 Å². The number of fused-ring (bicyclic) bond motifs is 1. The van der Waals surface area contributed by atoms with E-state index < -0.39 is 5.60 Å². The number of carbonyl (C=O) groups excluding carboxylic acids is 1. The van der Waals surface area contributed by atoms with E-state index in [1.807, 2.05) is 12.1 Å². The van der Waals surface area contributed by atoms with E-state index in [0.29, 0.717) is 28.6 Å². The van der Waals surface area contributed by atoms with E-state index >= 15 is 0 Å². The van der Waals surface area contributed by atoms with Gasteiger partial charge in [-0.15, -0.1) is 0 Å². The quantitative estimate of drug-likeness (QED) is 0.689. The van der Waals surface area contributed by atoms with E-state index in [9.17, 15) is 9.90 Å². The number of nitrogens with one attached hydrogen (secondary N) is 1. The zero-order chi connectivity index (χ0) is 21.3. The maximum atomic E-state index is 12.6. The Kier molecular flexibility index (Phi) is 4.90. The number of hydrogen-bond donors (Lipinski definition) is 2. The number of aromatic nitrogens is 3. The molecular weight excluding hydrogens is 380 g/mol. The topological polar surface area (TPSA) is 115 Å². The summed E-state index contributed by atoms with van der Waals surface area (Å²) in [6, 6.07) is 12.8. The second kappa shape index (κ2) is 7.54. The minimum atomic E-state index is -1.04. The zero-order valence-electron chi connectivity index (χ0n) is 16.6. The second-order valence-corrected chi connectivity index (χ2v) is 7.56. The van der Waals surface area contributed by atoms with E-state index in [1.54, 1.807) is 55.4 Å². The summed E-state index contributed by atoms with van der Waals surface area (Å²) in [5.74, 6) is 0.820. The summed E-state index contributed by atoms with van der Waals surface area (Å²) in [5.41, 5.74) is 2.17. The molecule has 2 N–H and O–H groups in total. The highest BCUT2D eigenvalue weighted by molar-refractivity contribution is 6.00. The monoisotopic (exact) mass is 402 g/mol. The Morgan fingerprint density at radius 2 is 2.10 bits per heavy atom. The summed E-state index contributed by atoms with van der Waals surface area (Å²) in [6.45, 7) is 3.76. The molecule has 1 amide bonds. The van der Waals surface area contributed by atoms with Crippen molar-refractivity contribution in [1.29, 1.82) is 5.26 Å². The Hall–Kier alpha value is -3.83. The maximum Gasteiger partial charge on any atom is 0.247 e. The number of anilines is 2. The standard InChI is InChI=1S/C22H20N6O2.H2/c1-22(2,30)18-7-6-16(10-24-18)17-11-25-20-21(27-17)28(19(29)12-26-20)13-15-5-3-4-14(8-15)9-23;/h3-8,10-11,30H,12-13H2,1-2H3,(H,25,26);1H. The van der Waals surface area contributed by atoms with Crippen molar-refractivity contribution in [3.8, 4) is 17.3 Å². The van der Waals surface area contributed by atoms with Crippen molar-refractivity contribution >= 4 is 17.5 Å². The molecule has 4 rings (SSSR count). The highest BCUT2D eigenvalue weighted by Crippen LogP contribution is 2.30. The van der Waals surface area contributed by atoms with Crippen molar-refractivity contribution in [1.82, 2.24) is 15.0 Å². The molecule has 0 saturated carbocycles. The lowest BCUT2D eigenvalue weighted by Crippen LogP contribution is -2.40. The molecule has 8 nitrogen and oxygen atoms in total. The molecule has 0 radical (unpaired) electrons. The van der Waals surface area contributed by atoms with Gasteiger partial charge in [-0.25, -0.2) is 9.97 Å². The minimum Gasteiger partial charge on any atom is -0.384 e. The van der Waals surface area contributed by atoms with E-state index in [4.69, 9.17) is 5.26 Å². The fraction of sp³-hybridized carbons (Fsp3) is 0.227. The fourth-order valence-electron chi connectivity index (χ4n) is 3.20. The van der Waals surface area contributed by atoms with Gasteiger partial charge in [0.05, 0.1) is 42.3 Å². The van der Waals surface area contributed by atoms with Crippen LogP contribution >= 0.6 is 0 Å². The van der Waals surface area contributed by atoms with Gasteiger partial charge in [-0.05, 0) is 43.7 Å². The highest BCUT2D eigenvalue weighted by atomic mass is 16.3. The molecule has 30 heavy (non-hydrogen) atoms. The highest BCUT2D eigenvalue weighted by Gasteiger charge is 2.27. The van der Waals surface area contributed by atoms with Crippen LogP contribution in [-0.2, 0) is 16.9 Å². The Morgan fingerprint density at radius 3 is 2.80 bits per heavy atom. The molecule has 0 fully saturated rings. The molecule has 1 aliphatic rings. The molecule has 8 heteroatoms. The summed E-state index contributed by atoms with van der Waals surface area (Å²) in [5, 5.41) is 22.2. The fourth-order valence-corrected chi connectivity index (χ4v) is 3.20. The third-order valence-corrected chi connectivity index (χ3v) is 4.80. The van der Waals surface area contributed by atoms with Crippen molar-refractivity contribution in [2.75, 3.05) is 16.8 Å². The van der Waals surface area contributed by atoms with Gasteiger partial charge in [-0.2, -0.15) is 5.26 Å². The minimum absolute atomic E-state index is 0. The van der Waals surface area contributed by atoms with Gasteiger partial charge < -0.3 is 10.4 Å². The average molecular weight is 402 g/mol. The van der Waals surface area contributed by atoms with Gasteiger partial charge in [0.1, 0.15) is 5.60 Å². The van der Waals surface area contributed by atoms with E-state index in [2.05, 4.69) is 26.3 Å². The van der Waals surface area contributed by atoms with Crippen LogP contribution in [0.5, 0.6) is 0 Å². The van der Waals surface area contributed by atoms with Gasteiger partial charge in [-0.3, -0.25) is 14.7 Å². The Morgan fingerprint density at radius 1 is 1.27 bits per heavy atom. The molecule has 0 unspecified atom stereocenters. The number of carbonyl (C=O) groups is 1. The maximum absolute atomic E-state index is 12.6. The van der Waals surface area contributed by atoms with E-state index in [0.717, 1.165) is 11.1 Å². The first-order valence-electron chi connectivity index (χ1n) is 9.45. The molecular formula is C22H22N6O2. The average Bonchev–Trinajstić information content (AvgIpc) is 2.75. The van der Waals surface area contributed by atoms with Crippen LogP contribution in [0.2, 0.25) is 0 Å². The van der Waals surface area contributed by atoms with E-state index in [-0.39, 0.29) is 20.4 Å². The second-order valence-electron chi connectivity index (χ2n) is 7.56. The lowest BCUT2D eigenvalue weighted by atomic mass is 10.0. The van der Waals surface area contributed by atoms with Crippen LogP contribution in [-0.4, -0.2) is 32.5 Å². The van der Waals surface area contributed by atoms with Gasteiger partial charge in [0.25, 0.3) is 0 Å². The summed E-state index contributed by atoms with van der Waals surface area (Å²) >= 11 is 0. The largest absolute Gasteiger partial charge is 0.384 e. The number of benzene rings is 1. The molecule has 3 heterocycles. The summed E-state index contributed by atoms with van der Waals surface area (Å²) < 4.78 is 0. The van der Waals surface area contributed by atoms with Crippen LogP contribution in [0.25, 0.3) is 11.3 Å². The number of nitrogens with zero attached hydrogens (tertiary/aromatic N) is 5. The van der Waals surface area contributed by atoms with Crippen molar-refractivity contribution in [2.45, 2.75) is 26.0 Å². The normalized spacial score (nSPS) is 13.4. The van der Waals surface area contributed by atoms with Crippen LogP contribution < -0.4 is 10.2 Å². The number of aliphatic hydroxyl groups is 1. The summed E-state index contributed by atoms with van der Waals surface area (Å²) in [4.78, 5) is 27.6. The van der Waals surface area contributed by atoms with Gasteiger partial charge in [0.15, 0.2) is 11.6 Å². The molecule has 2 aromatic heterocycles. The van der Waals surface area contributed by atoms with Crippen LogP contribution in [0.1, 0.15) is 32.1 Å². The van der Waals surface area contributed by atoms with Crippen LogP contribution in [0, 0.1) is 11.3 Å². The first kappa shape index (κ1) is 19.5. The molecule has 0 spiro atoms. The number of amides is 1. The lowest BCUT2D eigenvalue weighted by molar-refractivity contribution is -0.117. The number of rotatable bonds is 4. The Balaban J connectivity index is 0.00000272. The van der Waals surface area contributed by atoms with Gasteiger partial charge >= 0.3 is 0 Å². The molecule has 0 atom stereocenters. The number of nitriles is 1. The van der Waals surface area contributed by atoms with Crippen LogP contribution in [0.3, 0.4) is 0 Å². The Bertz CT molecular complexity index is 1150. The molecule has 1 aromatic carbocycles. The number of pyridine rings is 1. The van der Waals surface area contributed by atoms with E-state index in [1.165, 1.54) is 0 Å². The van der Waals surface area contributed by atoms with Crippen molar-refractivity contribution < 1.29 is 11.3 Å². The zero-order valence-corrected chi connectivity index (χ0v) is 16.6. The van der Waals surface area contributed by atoms with Crippen molar-refractivity contribution in [2.24, 2.45) is 0 Å². The Labute approximate surface area is 175 Å². The SMILES string of the molecule is CC(C)(O)c1ccc(-c2cnc3c(n2)N(Cc2cccc(C#N)c2)C(=O)CN3)cn1.[HH]. The predicted molar refractivity (Wildman–Crippen MR) is 113 cm³/mol. The summed E-state index contributed by atoms with van der Waals surface area (Å²) in [7, 11) is 0. The molecule has 1 aliphatic heterocycles. The lowest BCUT2D eigenvalue weighted by Gasteiger charge is -2.28. The van der Waals surface area contributed by atoms with Crippen LogP contribution in [0.15, 0.2) is 48.8 Å². The number of hydrogen-bond acceptors (Lipinski definition) is 7. The third-order valence-electron chi connectivity index (χ3n) is 4.80. The first-order chi connectivity index (χ1) is 14.3. The smallest absolute Gasteiger partial charge is 0.247 e. The molecule has 0 bridgehead atoms.